The third kappa shape index (κ3) is 26.4. The van der Waals surface area contributed by atoms with Crippen LogP contribution in [0.1, 0.15) is 471 Å². The molecule has 0 fully saturated rings. The number of rotatable bonds is 66. The molecule has 0 aliphatic heterocycles. The second-order valence-corrected chi connectivity index (χ2v) is 37.8. The highest BCUT2D eigenvalue weighted by Gasteiger charge is 2.50. The zero-order chi connectivity index (χ0) is 74.0. The van der Waals surface area contributed by atoms with Gasteiger partial charge in [0.1, 0.15) is 22.1 Å². The minimum Gasteiger partial charge on any atom is -0.173 e. The van der Waals surface area contributed by atoms with Gasteiger partial charge in [0, 0.05) is 47.0 Å². The van der Waals surface area contributed by atoms with E-state index in [0.29, 0.717) is 0 Å². The normalized spacial score (nSPS) is 13.5. The third-order valence-electron chi connectivity index (χ3n) is 25.7. The summed E-state index contributed by atoms with van der Waals surface area (Å²) in [5.41, 5.74) is 19.2. The van der Waals surface area contributed by atoms with Crippen LogP contribution in [0.3, 0.4) is 0 Å². The predicted octanol–water partition coefficient (Wildman–Crippen LogP) is 35.3. The number of hydrogen-bond acceptors (Lipinski definition) is 8. The van der Waals surface area contributed by atoms with Gasteiger partial charge in [0.05, 0.1) is 23.5 Å². The Balaban J connectivity index is 1.02. The Bertz CT molecular complexity index is 3400. The molecule has 7 aromatic rings. The molecule has 2 aliphatic carbocycles. The fourth-order valence-electron chi connectivity index (χ4n) is 19.3. The van der Waals surface area contributed by atoms with Crippen molar-refractivity contribution in [2.24, 2.45) is 0 Å². The largest absolute Gasteiger partial charge is 0.173 e. The lowest BCUT2D eigenvalue weighted by atomic mass is 9.68. The van der Waals surface area contributed by atoms with Crippen molar-refractivity contribution in [1.29, 1.82) is 0 Å². The van der Waals surface area contributed by atoms with E-state index in [4.69, 9.17) is 17.5 Å². The maximum Gasteiger partial charge on any atom is 0.114 e. The fraction of sp³-hybridized carbons (Fsp3) is 0.735. The molecule has 4 heterocycles. The molecule has 0 N–H and O–H groups in total. The number of unbranched alkanes of at least 4 members (excludes halogenated alkanes) is 56. The number of hydrogen-bond donors (Lipinski definition) is 0. The summed E-state index contributed by atoms with van der Waals surface area (Å²) in [4.78, 5) is 5.44. The fourth-order valence-corrected chi connectivity index (χ4v) is 22.5. The maximum absolute atomic E-state index is 5.54. The van der Waals surface area contributed by atoms with Crippen molar-refractivity contribution in [3.63, 3.8) is 0 Å². The third-order valence-corrected chi connectivity index (χ3v) is 29.1. The van der Waals surface area contributed by atoms with Crippen LogP contribution < -0.4 is 0 Å². The summed E-state index contributed by atoms with van der Waals surface area (Å²) in [6, 6.07) is 20.6. The average Bonchev–Trinajstić information content (AvgIpc) is 1.52. The van der Waals surface area contributed by atoms with Gasteiger partial charge in [-0.2, -0.15) is 17.5 Å². The number of thiophene rings is 2. The minimum absolute atomic E-state index is 0.0872. The van der Waals surface area contributed by atoms with E-state index < -0.39 is 0 Å². The van der Waals surface area contributed by atoms with E-state index in [-0.39, 0.29) is 10.8 Å². The van der Waals surface area contributed by atoms with Crippen molar-refractivity contribution in [2.75, 3.05) is 0 Å². The first-order valence-corrected chi connectivity index (χ1v) is 49.4. The molecular weight excluding hydrogens is 1360 g/mol. The van der Waals surface area contributed by atoms with E-state index in [2.05, 4.69) is 90.1 Å². The van der Waals surface area contributed by atoms with E-state index in [1.165, 1.54) is 493 Å². The van der Waals surface area contributed by atoms with Crippen LogP contribution in [-0.4, -0.2) is 17.5 Å². The number of benzene rings is 3. The smallest absolute Gasteiger partial charge is 0.114 e. The first-order valence-electron chi connectivity index (χ1n) is 46.3. The molecule has 3 aromatic carbocycles. The number of fused-ring (bicyclic) bond motifs is 10. The molecule has 0 radical (unpaired) electrons. The van der Waals surface area contributed by atoms with E-state index in [1.807, 2.05) is 22.7 Å². The van der Waals surface area contributed by atoms with Gasteiger partial charge in [-0.1, -0.05) is 419 Å². The van der Waals surface area contributed by atoms with Crippen LogP contribution in [0.4, 0.5) is 0 Å². The Labute approximate surface area is 667 Å². The lowest BCUT2D eigenvalue weighted by Gasteiger charge is -2.35. The van der Waals surface area contributed by atoms with Crippen LogP contribution in [0.25, 0.3) is 64.5 Å². The van der Waals surface area contributed by atoms with Crippen LogP contribution in [-0.2, 0) is 10.8 Å². The Hall–Kier alpha value is -3.30. The SMILES string of the molecule is CCCCCCCCCCCCCCCCCC1(CCCCCCCCCCCCCCCCC)c2cc3c(cc2-c2c1cc(C)c1nsnc21)C(CCCCCCCCCCCCCCCCC)(CCCCCCCCCCCCCCCCC)c1cc(-c2ccc(-c4ccc(C)s4)s2)c2nsnc2c1-3. The van der Waals surface area contributed by atoms with Crippen molar-refractivity contribution in [2.45, 2.75) is 463 Å². The van der Waals surface area contributed by atoms with E-state index in [1.54, 1.807) is 22.3 Å². The van der Waals surface area contributed by atoms with Gasteiger partial charge >= 0.3 is 0 Å². The van der Waals surface area contributed by atoms with Gasteiger partial charge in [-0.3, -0.25) is 0 Å². The summed E-state index contributed by atoms with van der Waals surface area (Å²) in [7, 11) is 0. The monoisotopic (exact) mass is 1520 g/mol. The lowest BCUT2D eigenvalue weighted by Crippen LogP contribution is -2.27. The first kappa shape index (κ1) is 86.7. The number of aromatic nitrogens is 4. The average molecular weight is 1520 g/mol. The summed E-state index contributed by atoms with van der Waals surface area (Å²) >= 11 is 6.79. The van der Waals surface area contributed by atoms with Crippen molar-refractivity contribution in [1.82, 2.24) is 17.5 Å². The van der Waals surface area contributed by atoms with Crippen LogP contribution in [0.2, 0.25) is 0 Å². The van der Waals surface area contributed by atoms with Crippen LogP contribution in [0.5, 0.6) is 0 Å². The highest BCUT2D eigenvalue weighted by atomic mass is 32.1. The molecule has 0 saturated carbocycles. The Morgan fingerprint density at radius 2 is 0.481 bits per heavy atom. The second-order valence-electron chi connectivity index (χ2n) is 34.4. The van der Waals surface area contributed by atoms with Crippen LogP contribution in [0, 0.1) is 13.8 Å². The predicted molar refractivity (Wildman–Crippen MR) is 475 cm³/mol. The summed E-state index contributed by atoms with van der Waals surface area (Å²) in [6.07, 6.45) is 88.4. The van der Waals surface area contributed by atoms with Crippen molar-refractivity contribution < 1.29 is 0 Å². The summed E-state index contributed by atoms with van der Waals surface area (Å²) in [5, 5.41) is 0. The lowest BCUT2D eigenvalue weighted by molar-refractivity contribution is 0.393. The molecule has 0 saturated heterocycles. The molecule has 0 spiro atoms. The van der Waals surface area contributed by atoms with Gasteiger partial charge in [-0.25, -0.2) is 0 Å². The molecule has 9 rings (SSSR count). The molecule has 590 valence electrons. The topological polar surface area (TPSA) is 51.6 Å². The first-order chi connectivity index (χ1) is 52.4. The van der Waals surface area contributed by atoms with Crippen molar-refractivity contribution in [3.8, 4) is 42.4 Å². The zero-order valence-electron chi connectivity index (χ0n) is 69.3. The highest BCUT2D eigenvalue weighted by Crippen LogP contribution is 2.64. The summed E-state index contributed by atoms with van der Waals surface area (Å²) in [5.74, 6) is 0. The Morgan fingerprint density at radius 3 is 0.792 bits per heavy atom. The van der Waals surface area contributed by atoms with E-state index >= 15 is 0 Å². The Kier molecular flexibility index (Phi) is 41.4. The maximum atomic E-state index is 5.54. The second kappa shape index (κ2) is 50.6. The van der Waals surface area contributed by atoms with Crippen LogP contribution >= 0.6 is 46.1 Å². The standard InChI is InChI=1S/C98H154N4S4/c1-7-11-15-19-23-27-31-35-39-43-47-51-55-59-63-71-97(72-64-60-56-52-48-44-40-36-32-28-24-20-16-12-8-2)84-77-82-85(76-81(84)91-86(97)75-79(5)93-95(91)101-105-99-93)98(73-65-61-57-53-49-45-41-37-33-29-25-21-17-13-9-3,74-66-62-58-54-50-46-42-38-34-30-26-22-18-14-10-4)87-78-83(94-96(92(82)87)102-106-100-94)88-69-70-90(104-88)89-68-67-80(6)103-89/h67-70,75-78H,7-66,71-74H2,1-6H3. The van der Waals surface area contributed by atoms with Crippen molar-refractivity contribution >= 4 is 68.2 Å². The molecule has 106 heavy (non-hydrogen) atoms. The van der Waals surface area contributed by atoms with Gasteiger partial charge in [-0.15, -0.1) is 22.7 Å². The molecular formula is C98H154N4S4. The summed E-state index contributed by atoms with van der Waals surface area (Å²) in [6.45, 7) is 13.9. The molecule has 4 nitrogen and oxygen atoms in total. The molecule has 2 aliphatic rings. The molecule has 4 aromatic heterocycles. The Morgan fingerprint density at radius 1 is 0.236 bits per heavy atom. The van der Waals surface area contributed by atoms with Gasteiger partial charge in [0.25, 0.3) is 0 Å². The summed E-state index contributed by atoms with van der Waals surface area (Å²) < 4.78 is 21.5. The van der Waals surface area contributed by atoms with Gasteiger partial charge in [-0.05, 0) is 121 Å². The minimum atomic E-state index is -0.137. The number of aryl methyl sites for hydroxylation is 2. The zero-order valence-corrected chi connectivity index (χ0v) is 72.6. The van der Waals surface area contributed by atoms with E-state index in [0.717, 1.165) is 16.6 Å². The quantitative estimate of drug-likeness (QED) is 0.0357. The van der Waals surface area contributed by atoms with Crippen molar-refractivity contribution in [3.05, 3.63) is 81.2 Å². The molecule has 8 heteroatoms. The van der Waals surface area contributed by atoms with E-state index in [9.17, 15) is 0 Å². The van der Waals surface area contributed by atoms with Gasteiger partial charge in [0.2, 0.25) is 0 Å². The van der Waals surface area contributed by atoms with Crippen LogP contribution in [0.15, 0.2) is 48.5 Å². The molecule has 0 atom stereocenters. The molecule has 0 bridgehead atoms. The highest BCUT2D eigenvalue weighted by molar-refractivity contribution is 7.24. The number of nitrogens with zero attached hydrogens (tertiary/aromatic N) is 4. The molecule has 0 amide bonds. The molecule has 0 unspecified atom stereocenters. The van der Waals surface area contributed by atoms with Gasteiger partial charge < -0.3 is 0 Å². The van der Waals surface area contributed by atoms with Gasteiger partial charge in [0.15, 0.2) is 0 Å².